The van der Waals surface area contributed by atoms with E-state index in [-0.39, 0.29) is 46.2 Å². The average Bonchev–Trinajstić information content (AvgIpc) is 1.63. The van der Waals surface area contributed by atoms with Crippen molar-refractivity contribution >= 4 is 151 Å². The van der Waals surface area contributed by atoms with Gasteiger partial charge in [0.2, 0.25) is 17.6 Å². The first kappa shape index (κ1) is 87.9. The van der Waals surface area contributed by atoms with Gasteiger partial charge in [-0.2, -0.15) is 0 Å². The summed E-state index contributed by atoms with van der Waals surface area (Å²) in [6, 6.07) is 29.9. The van der Waals surface area contributed by atoms with Gasteiger partial charge >= 0.3 is 18.3 Å². The number of hydrogen-bond acceptors (Lipinski definition) is 30. The number of nitrogens with zero attached hydrogens (tertiary/aromatic N) is 13. The molecule has 3 aliphatic rings. The summed E-state index contributed by atoms with van der Waals surface area (Å²) in [5.74, 6) is -0.965. The van der Waals surface area contributed by atoms with Crippen molar-refractivity contribution in [3.63, 3.8) is 0 Å². The van der Waals surface area contributed by atoms with E-state index in [1.807, 2.05) is 57.2 Å². The molecule has 4 N–H and O–H groups in total. The van der Waals surface area contributed by atoms with Crippen molar-refractivity contribution in [3.8, 4) is 66.6 Å². The van der Waals surface area contributed by atoms with Crippen LogP contribution in [0.3, 0.4) is 0 Å². The third-order valence-electron chi connectivity index (χ3n) is 21.2. The number of amides is 5. The highest BCUT2D eigenvalue weighted by Crippen LogP contribution is 2.43. The van der Waals surface area contributed by atoms with Crippen molar-refractivity contribution in [2.24, 2.45) is 0 Å². The predicted octanol–water partition coefficient (Wildman–Crippen LogP) is 18.2. The number of pyridine rings is 3. The van der Waals surface area contributed by atoms with Crippen LogP contribution in [0.4, 0.5) is 44.6 Å². The minimum Gasteiger partial charge on any atom is -0.483 e. The third-order valence-corrected chi connectivity index (χ3v) is 24.4. The van der Waals surface area contributed by atoms with Gasteiger partial charge in [-0.25, -0.2) is 82.4 Å². The van der Waals surface area contributed by atoms with E-state index >= 15 is 13.2 Å². The van der Waals surface area contributed by atoms with Crippen LogP contribution in [0.15, 0.2) is 146 Å². The van der Waals surface area contributed by atoms with Crippen LogP contribution in [0.5, 0.6) is 34.9 Å². The number of anilines is 3. The zero-order chi connectivity index (χ0) is 90.4. The molecule has 0 unspecified atom stereocenters. The second kappa shape index (κ2) is 38.3. The Balaban J connectivity index is 0.000000142. The van der Waals surface area contributed by atoms with Crippen LogP contribution in [0.1, 0.15) is 113 Å². The van der Waals surface area contributed by atoms with Gasteiger partial charge in [0.25, 0.3) is 11.8 Å². The van der Waals surface area contributed by atoms with Crippen molar-refractivity contribution in [2.75, 3.05) is 58.4 Å². The first-order valence-corrected chi connectivity index (χ1v) is 43.2. The quantitative estimate of drug-likeness (QED) is 0.0383. The minimum absolute atomic E-state index is 0.0660. The standard InChI is InChI=1S/C31H29FN6O5S.C30H27FN6O5S.C30H26FN5O5S/c1-16-10-18(28-22(11-16)36-27(41-4)15-34-28)29-37-21-12-19(32)25(13-26(21)44-29)42-23-6-5-7-24(23)43-31(40)35-17-8-9-20(33-14-17)30(39)38(2)3;1-15-9-17(27-21(10-15)36-26(40-3)14-34-27)29-37-20-11-18(31)24(12-25(20)43-29)41-22-5-4-6-23(22)42-30(39)35-16-7-8-19(33-13-16)28(38)32-2;1-15-9-18(28-22(10-15)35-27(39-3)14-33-28)29-36-21-11-19(31)25(12-26(21)42-29)40-23-5-4-6-24(23)41-30(38)34-17-7-8-20(16(2)37)32-13-17/h8-15,23-24H,5-7H2,1-4H3,(H,35,40);7-14,22-23H,4-6H2,1-3H3,(H,32,38)(H,35,39);7-14,23-24H,4-6H2,1-3H3,(H,34,38)/t23-,24+;22-,23+;23-,24+/m000/s1. The number of thiazole rings is 3. The second-order valence-electron chi connectivity index (χ2n) is 30.7. The topological polar surface area (TPSA) is 392 Å². The number of ketones is 1. The number of methoxy groups -OCH3 is 3. The normalized spacial score (nSPS) is 16.3. The maximum Gasteiger partial charge on any atom is 0.412 e. The van der Waals surface area contributed by atoms with E-state index in [1.54, 1.807) is 69.1 Å². The van der Waals surface area contributed by atoms with Crippen molar-refractivity contribution in [1.29, 1.82) is 0 Å². The van der Waals surface area contributed by atoms with Gasteiger partial charge in [0, 0.05) is 81.2 Å². The molecule has 6 atom stereocenters. The van der Waals surface area contributed by atoms with Crippen LogP contribution in [-0.4, -0.2) is 180 Å². The molecule has 9 heterocycles. The molecule has 32 nitrogen and oxygen atoms in total. The SMILES string of the molecule is CNC(=O)c1ccc(NC(=O)O[C@@H]2CCC[C@@H]2Oc2cc3sc(-c4cc(C)cc5nc(OC)cnc45)nc3cc2F)cn1.COc1cnc2c(-c3nc4cc(F)c(O[C@H]5CCC[C@H]5OC(=O)Nc5ccc(C(=O)N(C)C)nc5)cc4s3)cc(C)cc2n1.COc1cnc2c(-c3nc4cc(F)c(O[C@H]5CCC[C@H]5OC(=O)Nc5ccc(C(C)=O)nc5)cc4s3)cc(C)cc2n1. The van der Waals surface area contributed by atoms with Crippen molar-refractivity contribution in [3.05, 3.63) is 198 Å². The number of ether oxygens (including phenoxy) is 9. The maximum atomic E-state index is 15.3. The van der Waals surface area contributed by atoms with Crippen LogP contribution in [0.25, 0.3) is 95.5 Å². The Morgan fingerprint density at radius 3 is 1.00 bits per heavy atom. The van der Waals surface area contributed by atoms with Gasteiger partial charge in [-0.15, -0.1) is 34.0 Å². The summed E-state index contributed by atoms with van der Waals surface area (Å²) in [6.45, 7) is 7.30. The molecule has 129 heavy (non-hydrogen) atoms. The van der Waals surface area contributed by atoms with E-state index in [1.165, 1.54) is 129 Å². The molecule has 3 aliphatic carbocycles. The Bertz CT molecular complexity index is 6840. The number of nitrogens with one attached hydrogen (secondary N) is 4. The number of benzene rings is 6. The number of carbonyl (C=O) groups is 6. The lowest BCUT2D eigenvalue weighted by molar-refractivity contribution is 0.0399. The van der Waals surface area contributed by atoms with E-state index in [0.717, 1.165) is 66.7 Å². The molecule has 15 aromatic rings. The number of fused-ring (bicyclic) bond motifs is 6. The molecule has 18 rings (SSSR count). The molecule has 0 radical (unpaired) electrons. The molecule has 660 valence electrons. The van der Waals surface area contributed by atoms with Crippen LogP contribution < -0.4 is 49.7 Å². The average molecular weight is 1810 g/mol. The molecule has 3 saturated carbocycles. The first-order valence-electron chi connectivity index (χ1n) is 40.8. The van der Waals surface area contributed by atoms with Gasteiger partial charge in [-0.3, -0.25) is 35.3 Å². The Morgan fingerprint density at radius 2 is 0.705 bits per heavy atom. The fourth-order valence-corrected chi connectivity index (χ4v) is 18.0. The van der Waals surface area contributed by atoms with Gasteiger partial charge in [-0.05, 0) is 168 Å². The zero-order valence-corrected chi connectivity index (χ0v) is 73.4. The first-order chi connectivity index (χ1) is 62.2. The highest BCUT2D eigenvalue weighted by atomic mass is 32.1. The van der Waals surface area contributed by atoms with Gasteiger partial charge < -0.3 is 52.8 Å². The lowest BCUT2D eigenvalue weighted by Crippen LogP contribution is -2.32. The largest absolute Gasteiger partial charge is 0.483 e. The molecule has 0 aliphatic heterocycles. The monoisotopic (exact) mass is 1810 g/mol. The summed E-state index contributed by atoms with van der Waals surface area (Å²) in [4.78, 5) is 128. The molecular formula is C91H82F3N17O15S3. The van der Waals surface area contributed by atoms with Crippen LogP contribution >= 0.6 is 34.0 Å². The molecule has 0 spiro atoms. The molecule has 3 fully saturated rings. The maximum absolute atomic E-state index is 15.3. The second-order valence-corrected chi connectivity index (χ2v) is 33.8. The van der Waals surface area contributed by atoms with Crippen molar-refractivity contribution in [1.82, 2.24) is 70.0 Å². The van der Waals surface area contributed by atoms with Crippen molar-refractivity contribution in [2.45, 2.75) is 122 Å². The summed E-state index contributed by atoms with van der Waals surface area (Å²) in [7, 11) is 9.39. The lowest BCUT2D eigenvalue weighted by Gasteiger charge is -2.22. The summed E-state index contributed by atoms with van der Waals surface area (Å²) >= 11 is 4.20. The number of aryl methyl sites for hydroxylation is 3. The smallest absolute Gasteiger partial charge is 0.412 e. The van der Waals surface area contributed by atoms with E-state index < -0.39 is 72.4 Å². The number of Topliss-reactive ketones (excluding diaryl/α,β-unsaturated/α-hetero) is 1. The fourth-order valence-electron chi connectivity index (χ4n) is 15.0. The number of aromatic nitrogens is 12. The zero-order valence-electron chi connectivity index (χ0n) is 71.0. The summed E-state index contributed by atoms with van der Waals surface area (Å²) < 4.78 is 98.6. The summed E-state index contributed by atoms with van der Waals surface area (Å²) in [5, 5.41) is 12.4. The van der Waals surface area contributed by atoms with Crippen LogP contribution in [-0.2, 0) is 14.2 Å². The number of halogens is 3. The predicted molar refractivity (Wildman–Crippen MR) is 479 cm³/mol. The van der Waals surface area contributed by atoms with E-state index in [2.05, 4.69) is 81.1 Å². The van der Waals surface area contributed by atoms with Gasteiger partial charge in [0.05, 0.1) is 139 Å². The highest BCUT2D eigenvalue weighted by Gasteiger charge is 2.37. The third kappa shape index (κ3) is 20.2. The number of rotatable bonds is 21. The molecule has 38 heteroatoms. The van der Waals surface area contributed by atoms with Gasteiger partial charge in [-0.1, -0.05) is 0 Å². The summed E-state index contributed by atoms with van der Waals surface area (Å²) in [6.07, 6.45) is 9.31. The molecular weight excluding hydrogens is 1720 g/mol. The number of hydrogen-bond donors (Lipinski definition) is 4. The number of carbonyl (C=O) groups excluding carboxylic acids is 6. The van der Waals surface area contributed by atoms with Gasteiger partial charge in [0.1, 0.15) is 68.7 Å². The molecule has 0 saturated heterocycles. The molecule has 5 amide bonds. The molecule has 6 aromatic carbocycles. The van der Waals surface area contributed by atoms with Crippen LogP contribution in [0, 0.1) is 38.2 Å². The molecule has 9 aromatic heterocycles. The Kier molecular flexibility index (Phi) is 26.1. The molecule has 0 bridgehead atoms. The minimum atomic E-state index is -0.691. The van der Waals surface area contributed by atoms with E-state index in [4.69, 9.17) is 42.6 Å². The van der Waals surface area contributed by atoms with Crippen molar-refractivity contribution < 1.29 is 84.6 Å². The highest BCUT2D eigenvalue weighted by molar-refractivity contribution is 7.22. The summed E-state index contributed by atoms with van der Waals surface area (Å²) in [5.41, 5.74) is 12.8. The Hall–Kier alpha value is -14.5. The van der Waals surface area contributed by atoms with Gasteiger partial charge in [0.15, 0.2) is 40.5 Å². The van der Waals surface area contributed by atoms with E-state index in [0.29, 0.717) is 144 Å². The fraction of sp³-hybridized carbons (Fsp3) is 0.275. The Morgan fingerprint density at radius 1 is 0.388 bits per heavy atom. The van der Waals surface area contributed by atoms with Crippen LogP contribution in [0.2, 0.25) is 0 Å². The lowest BCUT2D eigenvalue weighted by atomic mass is 10.1. The van der Waals surface area contributed by atoms with E-state index in [9.17, 15) is 28.8 Å². The Labute approximate surface area is 745 Å².